The third-order valence-corrected chi connectivity index (χ3v) is 3.68. The number of hydrogen-bond donors (Lipinski definition) is 1. The van der Waals surface area contributed by atoms with Crippen molar-refractivity contribution in [2.45, 2.75) is 6.18 Å². The monoisotopic (exact) mass is 380 g/mol. The van der Waals surface area contributed by atoms with Crippen LogP contribution in [0, 0.1) is 0 Å². The molecule has 0 spiro atoms. The minimum Gasteiger partial charge on any atom is -0.493 e. The molecule has 24 heavy (non-hydrogen) atoms. The van der Waals surface area contributed by atoms with Crippen molar-refractivity contribution in [3.05, 3.63) is 35.6 Å². The number of nitrogens with zero attached hydrogens (tertiary/aromatic N) is 2. The van der Waals surface area contributed by atoms with Gasteiger partial charge in [0, 0.05) is 28.7 Å². The quantitative estimate of drug-likeness (QED) is 0.675. The van der Waals surface area contributed by atoms with Gasteiger partial charge in [0.1, 0.15) is 5.52 Å². The zero-order valence-electron chi connectivity index (χ0n) is 11.9. The first-order chi connectivity index (χ1) is 11.2. The maximum absolute atomic E-state index is 10.6. The van der Waals surface area contributed by atoms with Crippen molar-refractivity contribution in [1.29, 1.82) is 0 Å². The molecule has 0 unspecified atom stereocenters. The lowest BCUT2D eigenvalue weighted by Gasteiger charge is -2.05. The van der Waals surface area contributed by atoms with Crippen LogP contribution >= 0.6 is 23.4 Å². The van der Waals surface area contributed by atoms with E-state index in [0.717, 1.165) is 21.8 Å². The number of carboxylic acid groups (broad SMARTS) is 1. The standard InChI is InChI=1S/C12H8Cl2N2O.C2HF3O2/c1-17-12-9(13)3-2-8-7-4-5-15-6-10(7)16(14)11(8)12;3-2(4,5)1(6)7/h2-6H,1H3;(H,6,7). The second kappa shape index (κ2) is 6.74. The van der Waals surface area contributed by atoms with Crippen molar-refractivity contribution in [1.82, 2.24) is 9.07 Å². The molecule has 10 heteroatoms. The van der Waals surface area contributed by atoms with Gasteiger partial charge in [-0.2, -0.15) is 13.2 Å². The van der Waals surface area contributed by atoms with Crippen molar-refractivity contribution < 1.29 is 27.8 Å². The highest BCUT2D eigenvalue weighted by Crippen LogP contribution is 2.39. The summed E-state index contributed by atoms with van der Waals surface area (Å²) in [7, 11) is 1.58. The third kappa shape index (κ3) is 3.34. The number of alkyl halides is 3. The van der Waals surface area contributed by atoms with Crippen LogP contribution in [0.15, 0.2) is 30.6 Å². The first kappa shape index (κ1) is 18.2. The molecule has 0 amide bonds. The van der Waals surface area contributed by atoms with Gasteiger partial charge >= 0.3 is 12.1 Å². The molecule has 3 aromatic rings. The first-order valence-corrected chi connectivity index (χ1v) is 6.97. The average Bonchev–Trinajstić information content (AvgIpc) is 2.81. The van der Waals surface area contributed by atoms with Gasteiger partial charge in [-0.1, -0.05) is 17.7 Å². The van der Waals surface area contributed by atoms with E-state index in [1.807, 2.05) is 12.1 Å². The van der Waals surface area contributed by atoms with Crippen LogP contribution in [-0.2, 0) is 4.79 Å². The second-order valence-corrected chi connectivity index (χ2v) is 5.20. The predicted molar refractivity (Wildman–Crippen MR) is 83.7 cm³/mol. The number of aromatic nitrogens is 2. The Kier molecular flexibility index (Phi) is 5.10. The number of methoxy groups -OCH3 is 1. The molecule has 0 aliphatic heterocycles. The predicted octanol–water partition coefficient (Wildman–Crippen LogP) is 4.49. The summed E-state index contributed by atoms with van der Waals surface area (Å²) in [5.41, 5.74) is 1.61. The lowest BCUT2D eigenvalue weighted by Crippen LogP contribution is -2.21. The fourth-order valence-corrected chi connectivity index (χ4v) is 2.58. The molecule has 0 aliphatic carbocycles. The molecule has 1 aromatic carbocycles. The van der Waals surface area contributed by atoms with Crippen LogP contribution in [0.2, 0.25) is 5.02 Å². The van der Waals surface area contributed by atoms with Crippen LogP contribution in [0.1, 0.15) is 0 Å². The number of carboxylic acids is 1. The minimum absolute atomic E-state index is 0.540. The normalized spacial score (nSPS) is 11.2. The summed E-state index contributed by atoms with van der Waals surface area (Å²) in [4.78, 5) is 13.0. The van der Waals surface area contributed by atoms with Gasteiger partial charge in [0.15, 0.2) is 5.75 Å². The summed E-state index contributed by atoms with van der Waals surface area (Å²) in [6, 6.07) is 5.66. The van der Waals surface area contributed by atoms with Crippen LogP contribution in [0.3, 0.4) is 0 Å². The van der Waals surface area contributed by atoms with Crippen molar-refractivity contribution in [3.8, 4) is 5.75 Å². The van der Waals surface area contributed by atoms with Crippen molar-refractivity contribution >= 4 is 51.2 Å². The number of fused-ring (bicyclic) bond motifs is 3. The van der Waals surface area contributed by atoms with Gasteiger partial charge in [0.05, 0.1) is 23.8 Å². The zero-order valence-corrected chi connectivity index (χ0v) is 13.4. The van der Waals surface area contributed by atoms with Gasteiger partial charge in [0.25, 0.3) is 0 Å². The maximum Gasteiger partial charge on any atom is 0.490 e. The SMILES string of the molecule is COc1c(Cl)ccc2c3ccncc3n(Cl)c12.O=C(O)C(F)(F)F. The Morgan fingerprint density at radius 3 is 2.46 bits per heavy atom. The van der Waals surface area contributed by atoms with Gasteiger partial charge < -0.3 is 9.84 Å². The van der Waals surface area contributed by atoms with Crippen LogP contribution in [0.4, 0.5) is 13.2 Å². The number of ether oxygens (including phenoxy) is 1. The molecular weight excluding hydrogens is 372 g/mol. The summed E-state index contributed by atoms with van der Waals surface area (Å²) >= 11 is 12.4. The van der Waals surface area contributed by atoms with Gasteiger partial charge in [-0.15, -0.1) is 0 Å². The summed E-state index contributed by atoms with van der Waals surface area (Å²) in [6.07, 6.45) is -1.63. The van der Waals surface area contributed by atoms with Gasteiger partial charge in [-0.05, 0) is 12.1 Å². The molecule has 0 aliphatic rings. The lowest BCUT2D eigenvalue weighted by molar-refractivity contribution is -0.192. The molecule has 0 bridgehead atoms. The van der Waals surface area contributed by atoms with E-state index in [4.69, 9.17) is 38.0 Å². The number of benzene rings is 1. The fraction of sp³-hybridized carbons (Fsp3) is 0.143. The Morgan fingerprint density at radius 2 is 1.92 bits per heavy atom. The lowest BCUT2D eigenvalue weighted by atomic mass is 10.2. The molecule has 5 nitrogen and oxygen atoms in total. The molecule has 1 N–H and O–H groups in total. The molecule has 2 aromatic heterocycles. The van der Waals surface area contributed by atoms with Crippen LogP contribution in [-0.4, -0.2) is 33.4 Å². The number of rotatable bonds is 1. The number of aliphatic carboxylic acids is 1. The van der Waals surface area contributed by atoms with E-state index >= 15 is 0 Å². The Hall–Kier alpha value is -2.19. The van der Waals surface area contributed by atoms with E-state index in [1.165, 1.54) is 4.09 Å². The summed E-state index contributed by atoms with van der Waals surface area (Å²) in [5, 5.41) is 9.69. The van der Waals surface area contributed by atoms with Crippen LogP contribution in [0.25, 0.3) is 21.8 Å². The van der Waals surface area contributed by atoms with E-state index in [9.17, 15) is 13.2 Å². The molecule has 2 heterocycles. The largest absolute Gasteiger partial charge is 0.493 e. The summed E-state index contributed by atoms with van der Waals surface area (Å²) in [6.45, 7) is 0. The molecule has 0 saturated heterocycles. The molecular formula is C14H9Cl2F3N2O3. The molecule has 0 radical (unpaired) electrons. The highest BCUT2D eigenvalue weighted by molar-refractivity contribution is 6.35. The van der Waals surface area contributed by atoms with Crippen molar-refractivity contribution in [2.24, 2.45) is 0 Å². The third-order valence-electron chi connectivity index (χ3n) is 3.03. The Morgan fingerprint density at radius 1 is 1.29 bits per heavy atom. The number of halogens is 5. The summed E-state index contributed by atoms with van der Waals surface area (Å²) in [5.74, 6) is -2.18. The van der Waals surface area contributed by atoms with E-state index in [1.54, 1.807) is 25.6 Å². The molecule has 128 valence electrons. The van der Waals surface area contributed by atoms with Gasteiger partial charge in [-0.25, -0.2) is 8.88 Å². The number of pyridine rings is 1. The highest BCUT2D eigenvalue weighted by Gasteiger charge is 2.38. The molecule has 0 atom stereocenters. The van der Waals surface area contributed by atoms with Crippen molar-refractivity contribution in [3.63, 3.8) is 0 Å². The van der Waals surface area contributed by atoms with Crippen LogP contribution in [0.5, 0.6) is 5.75 Å². The van der Waals surface area contributed by atoms with E-state index < -0.39 is 12.1 Å². The Labute approximate surface area is 143 Å². The number of carbonyl (C=O) groups is 1. The topological polar surface area (TPSA) is 64.4 Å². The molecule has 3 rings (SSSR count). The maximum atomic E-state index is 10.6. The number of hydrogen-bond acceptors (Lipinski definition) is 3. The van der Waals surface area contributed by atoms with E-state index in [2.05, 4.69) is 4.98 Å². The smallest absolute Gasteiger partial charge is 0.490 e. The van der Waals surface area contributed by atoms with Gasteiger partial charge in [-0.3, -0.25) is 4.98 Å². The Balaban J connectivity index is 0.000000256. The van der Waals surface area contributed by atoms with Gasteiger partial charge in [0.2, 0.25) is 0 Å². The van der Waals surface area contributed by atoms with Crippen molar-refractivity contribution in [2.75, 3.05) is 7.11 Å². The molecule has 0 fully saturated rings. The Bertz CT molecular complexity index is 910. The zero-order chi connectivity index (χ0) is 18.1. The van der Waals surface area contributed by atoms with E-state index in [-0.39, 0.29) is 0 Å². The van der Waals surface area contributed by atoms with Crippen LogP contribution < -0.4 is 4.74 Å². The molecule has 0 saturated carbocycles. The first-order valence-electron chi connectivity index (χ1n) is 6.25. The highest BCUT2D eigenvalue weighted by atomic mass is 35.5. The minimum atomic E-state index is -5.08. The average molecular weight is 381 g/mol. The van der Waals surface area contributed by atoms with E-state index in [0.29, 0.717) is 10.8 Å². The fourth-order valence-electron chi connectivity index (χ4n) is 2.04. The summed E-state index contributed by atoms with van der Waals surface area (Å²) < 4.78 is 38.6. The second-order valence-electron chi connectivity index (χ2n) is 4.45.